The molecular weight excluding hydrogens is 517 g/mol. The maximum Gasteiger partial charge on any atom is 0.239 e. The summed E-state index contributed by atoms with van der Waals surface area (Å²) in [5.74, 6) is -0.0481. The first kappa shape index (κ1) is 26.3. The molecule has 0 fully saturated rings. The van der Waals surface area contributed by atoms with Crippen molar-refractivity contribution in [1.82, 2.24) is 5.32 Å². The number of ketones is 1. The van der Waals surface area contributed by atoms with Gasteiger partial charge >= 0.3 is 0 Å². The second-order valence-electron chi connectivity index (χ2n) is 10.8. The summed E-state index contributed by atoms with van der Waals surface area (Å²) in [6.45, 7) is 4.79. The van der Waals surface area contributed by atoms with E-state index in [1.54, 1.807) is 0 Å². The van der Waals surface area contributed by atoms with Gasteiger partial charge in [0.25, 0.3) is 0 Å². The summed E-state index contributed by atoms with van der Waals surface area (Å²) in [6.07, 6.45) is 1.86. The zero-order valence-electron chi connectivity index (χ0n) is 21.6. The van der Waals surface area contributed by atoms with Gasteiger partial charge < -0.3 is 15.5 Å². The fourth-order valence-corrected chi connectivity index (χ4v) is 5.82. The summed E-state index contributed by atoms with van der Waals surface area (Å²) in [4.78, 5) is 29.1. The highest BCUT2D eigenvalue weighted by Crippen LogP contribution is 2.49. The number of hydrogen-bond acceptors (Lipinski definition) is 4. The second-order valence-corrected chi connectivity index (χ2v) is 11.6. The molecule has 3 aromatic rings. The summed E-state index contributed by atoms with van der Waals surface area (Å²) in [5, 5.41) is 7.88. The van der Waals surface area contributed by atoms with Crippen LogP contribution in [-0.2, 0) is 16.0 Å². The Morgan fingerprint density at radius 2 is 1.71 bits per heavy atom. The van der Waals surface area contributed by atoms with Crippen molar-refractivity contribution in [3.63, 3.8) is 0 Å². The van der Waals surface area contributed by atoms with E-state index in [9.17, 15) is 9.59 Å². The Morgan fingerprint density at radius 3 is 2.47 bits per heavy atom. The molecule has 2 N–H and O–H groups in total. The van der Waals surface area contributed by atoms with Crippen LogP contribution in [0.1, 0.15) is 43.9 Å². The van der Waals surface area contributed by atoms with Crippen LogP contribution in [0.3, 0.4) is 0 Å². The van der Waals surface area contributed by atoms with E-state index in [0.717, 1.165) is 34.6 Å². The van der Waals surface area contributed by atoms with E-state index in [-0.39, 0.29) is 23.7 Å². The smallest absolute Gasteiger partial charge is 0.239 e. The van der Waals surface area contributed by atoms with Gasteiger partial charge in [-0.1, -0.05) is 79.5 Å². The summed E-state index contributed by atoms with van der Waals surface area (Å²) < 4.78 is 0. The van der Waals surface area contributed by atoms with E-state index in [1.165, 1.54) is 0 Å². The Hall–Kier alpha value is -3.28. The number of halogens is 2. The standard InChI is InChI=1S/C31H31Cl2N3O2/c1-31(2)17-25-29(27(37)18-31)30(22-7-3-4-8-23(22)33)36(26-10-6-5-9-24(26)35-25)19-28(38)34-16-15-20-11-13-21(32)14-12-20/h3-14,30,35H,15-19H2,1-2H3,(H,34,38). The lowest BCUT2D eigenvalue weighted by Gasteiger charge is -2.38. The Labute approximate surface area is 233 Å². The van der Waals surface area contributed by atoms with E-state index in [1.807, 2.05) is 77.7 Å². The molecular formula is C31H31Cl2N3O2. The number of rotatable bonds is 6. The molecule has 0 aromatic heterocycles. The number of anilines is 2. The van der Waals surface area contributed by atoms with Crippen molar-refractivity contribution in [2.45, 2.75) is 39.2 Å². The fourth-order valence-electron chi connectivity index (χ4n) is 5.46. The third-order valence-electron chi connectivity index (χ3n) is 7.17. The lowest BCUT2D eigenvalue weighted by atomic mass is 9.73. The number of allylic oxidation sites excluding steroid dienone is 1. The van der Waals surface area contributed by atoms with Gasteiger partial charge in [0.05, 0.1) is 24.0 Å². The van der Waals surface area contributed by atoms with Gasteiger partial charge in [0, 0.05) is 34.3 Å². The van der Waals surface area contributed by atoms with Gasteiger partial charge in [0.2, 0.25) is 5.91 Å². The lowest BCUT2D eigenvalue weighted by molar-refractivity contribution is -0.120. The van der Waals surface area contributed by atoms with Crippen molar-refractivity contribution in [2.24, 2.45) is 5.41 Å². The molecule has 1 aliphatic heterocycles. The number of fused-ring (bicyclic) bond motifs is 1. The quantitative estimate of drug-likeness (QED) is 0.349. The van der Waals surface area contributed by atoms with Crippen molar-refractivity contribution < 1.29 is 9.59 Å². The maximum atomic E-state index is 13.7. The van der Waals surface area contributed by atoms with E-state index in [4.69, 9.17) is 23.2 Å². The highest BCUT2D eigenvalue weighted by Gasteiger charge is 2.42. The average Bonchev–Trinajstić information content (AvgIpc) is 2.99. The molecule has 1 amide bonds. The molecule has 0 saturated heterocycles. The lowest BCUT2D eigenvalue weighted by Crippen LogP contribution is -2.42. The number of nitrogens with zero attached hydrogens (tertiary/aromatic N) is 1. The van der Waals surface area contributed by atoms with Gasteiger partial charge in [0.15, 0.2) is 5.78 Å². The summed E-state index contributed by atoms with van der Waals surface area (Å²) >= 11 is 12.7. The first-order valence-electron chi connectivity index (χ1n) is 12.9. The van der Waals surface area contributed by atoms with Crippen LogP contribution in [0.25, 0.3) is 0 Å². The van der Waals surface area contributed by atoms with E-state index >= 15 is 0 Å². The molecule has 5 nitrogen and oxygen atoms in total. The highest BCUT2D eigenvalue weighted by atomic mass is 35.5. The molecule has 0 radical (unpaired) electrons. The Bertz CT molecular complexity index is 1400. The molecule has 1 aliphatic carbocycles. The van der Waals surface area contributed by atoms with Crippen LogP contribution >= 0.6 is 23.2 Å². The van der Waals surface area contributed by atoms with Crippen molar-refractivity contribution in [2.75, 3.05) is 23.3 Å². The summed E-state index contributed by atoms with van der Waals surface area (Å²) in [6, 6.07) is 22.6. The molecule has 5 rings (SSSR count). The predicted molar refractivity (Wildman–Crippen MR) is 155 cm³/mol. The van der Waals surface area contributed by atoms with E-state index in [2.05, 4.69) is 24.5 Å². The molecule has 1 atom stereocenters. The normalized spacial score (nSPS) is 18.3. The van der Waals surface area contributed by atoms with Crippen LogP contribution in [0, 0.1) is 5.41 Å². The molecule has 0 spiro atoms. The first-order valence-corrected chi connectivity index (χ1v) is 13.6. The predicted octanol–water partition coefficient (Wildman–Crippen LogP) is 6.97. The SMILES string of the molecule is CC1(C)CC(=O)C2=C(C1)Nc1ccccc1N(CC(=O)NCCc1ccc(Cl)cc1)C2c1ccccc1Cl. The van der Waals surface area contributed by atoms with Crippen molar-refractivity contribution >= 4 is 46.3 Å². The number of carbonyl (C=O) groups is 2. The Balaban J connectivity index is 1.51. The molecule has 1 unspecified atom stereocenters. The number of benzene rings is 3. The van der Waals surface area contributed by atoms with Crippen molar-refractivity contribution in [1.29, 1.82) is 0 Å². The largest absolute Gasteiger partial charge is 0.357 e. The summed E-state index contributed by atoms with van der Waals surface area (Å²) in [5.41, 5.74) is 5.04. The van der Waals surface area contributed by atoms with Crippen LogP contribution < -0.4 is 15.5 Å². The van der Waals surface area contributed by atoms with Gasteiger partial charge in [-0.2, -0.15) is 0 Å². The monoisotopic (exact) mass is 547 g/mol. The minimum Gasteiger partial charge on any atom is -0.357 e. The molecule has 1 heterocycles. The van der Waals surface area contributed by atoms with Gasteiger partial charge in [-0.3, -0.25) is 9.59 Å². The number of carbonyl (C=O) groups excluding carboxylic acids is 2. The molecule has 196 valence electrons. The van der Waals surface area contributed by atoms with E-state index in [0.29, 0.717) is 35.0 Å². The average molecular weight is 549 g/mol. The zero-order chi connectivity index (χ0) is 26.9. The minimum atomic E-state index is -0.500. The molecule has 3 aromatic carbocycles. The topological polar surface area (TPSA) is 61.4 Å². The van der Waals surface area contributed by atoms with Crippen LogP contribution in [0.5, 0.6) is 0 Å². The maximum absolute atomic E-state index is 13.7. The van der Waals surface area contributed by atoms with Crippen LogP contribution in [-0.4, -0.2) is 24.8 Å². The Morgan fingerprint density at radius 1 is 1.00 bits per heavy atom. The second kappa shape index (κ2) is 10.8. The number of Topliss-reactive ketones (excluding diaryl/α,β-unsaturated/α-hetero) is 1. The van der Waals surface area contributed by atoms with Gasteiger partial charge in [-0.15, -0.1) is 0 Å². The van der Waals surface area contributed by atoms with Crippen LogP contribution in [0.4, 0.5) is 11.4 Å². The Kier molecular flexibility index (Phi) is 7.51. The zero-order valence-corrected chi connectivity index (χ0v) is 23.1. The molecule has 38 heavy (non-hydrogen) atoms. The molecule has 2 aliphatic rings. The number of hydrogen-bond donors (Lipinski definition) is 2. The van der Waals surface area contributed by atoms with Crippen molar-refractivity contribution in [3.05, 3.63) is 105 Å². The number of amides is 1. The highest BCUT2D eigenvalue weighted by molar-refractivity contribution is 6.31. The van der Waals surface area contributed by atoms with Gasteiger partial charge in [-0.05, 0) is 59.7 Å². The van der Waals surface area contributed by atoms with Crippen LogP contribution in [0.2, 0.25) is 10.0 Å². The van der Waals surface area contributed by atoms with Gasteiger partial charge in [-0.25, -0.2) is 0 Å². The molecule has 7 heteroatoms. The minimum absolute atomic E-state index is 0.0721. The first-order chi connectivity index (χ1) is 18.2. The van der Waals surface area contributed by atoms with Gasteiger partial charge in [0.1, 0.15) is 0 Å². The number of para-hydroxylation sites is 2. The summed E-state index contributed by atoms with van der Waals surface area (Å²) in [7, 11) is 0. The van der Waals surface area contributed by atoms with Crippen LogP contribution in [0.15, 0.2) is 84.1 Å². The molecule has 0 bridgehead atoms. The third-order valence-corrected chi connectivity index (χ3v) is 7.76. The third kappa shape index (κ3) is 5.59. The fraction of sp³-hybridized carbons (Fsp3) is 0.290. The number of nitrogens with one attached hydrogen (secondary N) is 2. The van der Waals surface area contributed by atoms with Crippen molar-refractivity contribution in [3.8, 4) is 0 Å². The van der Waals surface area contributed by atoms with E-state index < -0.39 is 6.04 Å². The molecule has 0 saturated carbocycles.